The maximum absolute atomic E-state index is 11.8. The number of amides is 1. The molecule has 4 N–H and O–H groups in total. The van der Waals surface area contributed by atoms with Gasteiger partial charge >= 0.3 is 0 Å². The molecule has 0 aromatic heterocycles. The number of rotatable bonds is 5. The van der Waals surface area contributed by atoms with Crippen LogP contribution in [0.2, 0.25) is 0 Å². The first-order chi connectivity index (χ1) is 9.11. The smallest absolute Gasteiger partial charge is 0.239 e. The lowest BCUT2D eigenvalue weighted by Crippen LogP contribution is -2.61. The van der Waals surface area contributed by atoms with Crippen LogP contribution in [-0.2, 0) is 4.79 Å². The molecule has 1 saturated heterocycles. The molecule has 3 fully saturated rings. The van der Waals surface area contributed by atoms with Crippen LogP contribution in [0.1, 0.15) is 51.4 Å². The second-order valence-corrected chi connectivity index (χ2v) is 6.90. The molecule has 2 aliphatic carbocycles. The number of carbonyl (C=O) groups excluding carboxylic acids is 1. The third-order valence-electron chi connectivity index (χ3n) is 5.59. The van der Waals surface area contributed by atoms with Gasteiger partial charge in [-0.3, -0.25) is 9.69 Å². The summed E-state index contributed by atoms with van der Waals surface area (Å²) in [5.41, 5.74) is 11.2. The summed E-state index contributed by atoms with van der Waals surface area (Å²) in [4.78, 5) is 14.3. The van der Waals surface area contributed by atoms with E-state index in [2.05, 4.69) is 4.90 Å². The van der Waals surface area contributed by atoms with Crippen LogP contribution in [0.3, 0.4) is 0 Å². The van der Waals surface area contributed by atoms with Crippen LogP contribution in [0.5, 0.6) is 0 Å². The highest BCUT2D eigenvalue weighted by Gasteiger charge is 2.49. The monoisotopic (exact) mass is 265 g/mol. The first-order valence-electron chi connectivity index (χ1n) is 7.94. The molecule has 2 saturated carbocycles. The van der Waals surface area contributed by atoms with Crippen LogP contribution in [0, 0.1) is 11.8 Å². The minimum absolute atomic E-state index is 0.299. The molecule has 108 valence electrons. The Bertz CT molecular complexity index is 349. The molecule has 0 aromatic rings. The van der Waals surface area contributed by atoms with Crippen LogP contribution < -0.4 is 11.5 Å². The van der Waals surface area contributed by atoms with Gasteiger partial charge in [0.1, 0.15) is 5.54 Å². The second-order valence-electron chi connectivity index (χ2n) is 6.90. The zero-order valence-corrected chi connectivity index (χ0v) is 11.8. The first-order valence-corrected chi connectivity index (χ1v) is 7.94. The summed E-state index contributed by atoms with van der Waals surface area (Å²) in [5.74, 6) is 0.862. The van der Waals surface area contributed by atoms with Gasteiger partial charge in [0.15, 0.2) is 0 Å². The molecular formula is C15H27N3O. The van der Waals surface area contributed by atoms with Crippen LogP contribution >= 0.6 is 0 Å². The van der Waals surface area contributed by atoms with Gasteiger partial charge in [0, 0.05) is 12.6 Å². The van der Waals surface area contributed by atoms with Crippen molar-refractivity contribution in [3.05, 3.63) is 0 Å². The van der Waals surface area contributed by atoms with E-state index < -0.39 is 5.54 Å². The molecule has 1 amide bonds. The zero-order valence-electron chi connectivity index (χ0n) is 11.8. The van der Waals surface area contributed by atoms with Gasteiger partial charge in [-0.05, 0) is 56.9 Å². The molecule has 3 rings (SSSR count). The Morgan fingerprint density at radius 2 is 1.79 bits per heavy atom. The second kappa shape index (κ2) is 5.06. The fraction of sp³-hybridized carbons (Fsp3) is 0.933. The van der Waals surface area contributed by atoms with Crippen molar-refractivity contribution in [2.45, 2.75) is 62.9 Å². The number of hydrogen-bond acceptors (Lipinski definition) is 3. The zero-order chi connectivity index (χ0) is 13.5. The van der Waals surface area contributed by atoms with E-state index in [0.717, 1.165) is 25.3 Å². The van der Waals surface area contributed by atoms with Crippen molar-refractivity contribution in [1.29, 1.82) is 0 Å². The molecule has 0 spiro atoms. The fourth-order valence-corrected chi connectivity index (χ4v) is 4.27. The Labute approximate surface area is 115 Å². The SMILES string of the molecule is NC(=O)C(N)(CN1CCCC1C1CCCC1)C1CC1. The standard InChI is InChI=1S/C15H27N3O/c16-14(19)15(17,12-7-8-12)10-18-9-3-6-13(18)11-4-1-2-5-11/h11-13H,1-10,17H2,(H2,16,19). The van der Waals surface area contributed by atoms with Gasteiger partial charge in [0.25, 0.3) is 0 Å². The molecule has 0 aromatic carbocycles. The molecule has 3 aliphatic rings. The van der Waals surface area contributed by atoms with Crippen LogP contribution in [0.4, 0.5) is 0 Å². The summed E-state index contributed by atoms with van der Waals surface area (Å²) in [7, 11) is 0. The van der Waals surface area contributed by atoms with Crippen LogP contribution in [0.25, 0.3) is 0 Å². The van der Waals surface area contributed by atoms with Crippen LogP contribution in [-0.4, -0.2) is 35.5 Å². The van der Waals surface area contributed by atoms with E-state index in [9.17, 15) is 4.79 Å². The fourth-order valence-electron chi connectivity index (χ4n) is 4.27. The Kier molecular flexibility index (Phi) is 3.56. The number of likely N-dealkylation sites (tertiary alicyclic amines) is 1. The molecule has 0 bridgehead atoms. The van der Waals surface area contributed by atoms with E-state index in [1.54, 1.807) is 0 Å². The van der Waals surface area contributed by atoms with Gasteiger partial charge in [0.05, 0.1) is 0 Å². The van der Waals surface area contributed by atoms with Crippen molar-refractivity contribution < 1.29 is 4.79 Å². The van der Waals surface area contributed by atoms with E-state index in [4.69, 9.17) is 11.5 Å². The molecular weight excluding hydrogens is 238 g/mol. The maximum Gasteiger partial charge on any atom is 0.239 e. The largest absolute Gasteiger partial charge is 0.368 e. The quantitative estimate of drug-likeness (QED) is 0.785. The Morgan fingerprint density at radius 3 is 2.37 bits per heavy atom. The summed E-state index contributed by atoms with van der Waals surface area (Å²) >= 11 is 0. The summed E-state index contributed by atoms with van der Waals surface area (Å²) in [6, 6.07) is 0.656. The lowest BCUT2D eigenvalue weighted by molar-refractivity contribution is -0.124. The maximum atomic E-state index is 11.8. The van der Waals surface area contributed by atoms with E-state index in [1.807, 2.05) is 0 Å². The molecule has 2 atom stereocenters. The average Bonchev–Trinajstić information content (AvgIpc) is 2.92. The minimum Gasteiger partial charge on any atom is -0.368 e. The molecule has 19 heavy (non-hydrogen) atoms. The third kappa shape index (κ3) is 2.52. The van der Waals surface area contributed by atoms with Crippen molar-refractivity contribution >= 4 is 5.91 Å². The lowest BCUT2D eigenvalue weighted by atomic mass is 9.90. The number of nitrogens with two attached hydrogens (primary N) is 2. The van der Waals surface area contributed by atoms with Crippen molar-refractivity contribution in [2.75, 3.05) is 13.1 Å². The van der Waals surface area contributed by atoms with Crippen molar-refractivity contribution in [3.8, 4) is 0 Å². The molecule has 0 radical (unpaired) electrons. The number of hydrogen-bond donors (Lipinski definition) is 2. The summed E-state index contributed by atoms with van der Waals surface area (Å²) < 4.78 is 0. The summed E-state index contributed by atoms with van der Waals surface area (Å²) in [5, 5.41) is 0. The summed E-state index contributed by atoms with van der Waals surface area (Å²) in [6.45, 7) is 1.79. The highest BCUT2D eigenvalue weighted by Crippen LogP contribution is 2.41. The van der Waals surface area contributed by atoms with Crippen LogP contribution in [0.15, 0.2) is 0 Å². The molecule has 2 unspecified atom stereocenters. The van der Waals surface area contributed by atoms with Crippen molar-refractivity contribution in [2.24, 2.45) is 23.3 Å². The molecule has 1 heterocycles. The van der Waals surface area contributed by atoms with E-state index in [-0.39, 0.29) is 5.91 Å². The average molecular weight is 265 g/mol. The molecule has 1 aliphatic heterocycles. The lowest BCUT2D eigenvalue weighted by Gasteiger charge is -2.36. The van der Waals surface area contributed by atoms with Gasteiger partial charge in [0.2, 0.25) is 5.91 Å². The number of primary amides is 1. The molecule has 4 heteroatoms. The Morgan fingerprint density at radius 1 is 1.11 bits per heavy atom. The van der Waals surface area contributed by atoms with Gasteiger partial charge in [-0.25, -0.2) is 0 Å². The van der Waals surface area contributed by atoms with Gasteiger partial charge < -0.3 is 11.5 Å². The highest BCUT2D eigenvalue weighted by atomic mass is 16.1. The van der Waals surface area contributed by atoms with Gasteiger partial charge in [-0.2, -0.15) is 0 Å². The van der Waals surface area contributed by atoms with Crippen molar-refractivity contribution in [3.63, 3.8) is 0 Å². The van der Waals surface area contributed by atoms with E-state index in [0.29, 0.717) is 18.5 Å². The normalized spacial score (nSPS) is 32.6. The number of carbonyl (C=O) groups is 1. The predicted octanol–water partition coefficient (Wildman–Crippen LogP) is 1.23. The number of nitrogens with zero attached hydrogens (tertiary/aromatic N) is 1. The van der Waals surface area contributed by atoms with Crippen molar-refractivity contribution in [1.82, 2.24) is 4.90 Å². The van der Waals surface area contributed by atoms with E-state index in [1.165, 1.54) is 38.5 Å². The Hall–Kier alpha value is -0.610. The van der Waals surface area contributed by atoms with Gasteiger partial charge in [-0.15, -0.1) is 0 Å². The van der Waals surface area contributed by atoms with Gasteiger partial charge in [-0.1, -0.05) is 12.8 Å². The first kappa shape index (κ1) is 13.4. The molecule has 4 nitrogen and oxygen atoms in total. The van der Waals surface area contributed by atoms with E-state index >= 15 is 0 Å². The topological polar surface area (TPSA) is 72.3 Å². The minimum atomic E-state index is -0.777. The Balaban J connectivity index is 1.68. The highest BCUT2D eigenvalue weighted by molar-refractivity contribution is 5.85. The third-order valence-corrected chi connectivity index (χ3v) is 5.59. The summed E-state index contributed by atoms with van der Waals surface area (Å²) in [6.07, 6.45) is 10.1. The predicted molar refractivity (Wildman–Crippen MR) is 75.4 cm³/mol.